The van der Waals surface area contributed by atoms with E-state index in [2.05, 4.69) is 43.5 Å². The van der Waals surface area contributed by atoms with Gasteiger partial charge in [0.25, 0.3) is 0 Å². The summed E-state index contributed by atoms with van der Waals surface area (Å²) in [6.07, 6.45) is 4.50. The Morgan fingerprint density at radius 1 is 1.37 bits per heavy atom. The van der Waals surface area contributed by atoms with Crippen molar-refractivity contribution in [1.82, 2.24) is 0 Å². The average Bonchev–Trinajstić information content (AvgIpc) is 2.38. The van der Waals surface area contributed by atoms with Gasteiger partial charge in [-0.3, -0.25) is 0 Å². The Balaban J connectivity index is 2.21. The number of methoxy groups -OCH3 is 1. The highest BCUT2D eigenvalue weighted by Crippen LogP contribution is 2.29. The topological polar surface area (TPSA) is 12.5 Å². The summed E-state index contributed by atoms with van der Waals surface area (Å²) in [5.41, 5.74) is 3.99. The van der Waals surface area contributed by atoms with Gasteiger partial charge in [-0.25, -0.2) is 0 Å². The first-order valence-corrected chi connectivity index (χ1v) is 6.81. The Morgan fingerprint density at radius 2 is 2.05 bits per heavy atom. The Bertz CT molecular complexity index is 473. The lowest BCUT2D eigenvalue weighted by Crippen LogP contribution is -2.38. The molecule has 0 fully saturated rings. The first kappa shape index (κ1) is 13.7. The average molecular weight is 257 g/mol. The van der Waals surface area contributed by atoms with Crippen LogP contribution in [0.5, 0.6) is 5.75 Å². The lowest BCUT2D eigenvalue weighted by atomic mass is 9.95. The lowest BCUT2D eigenvalue weighted by Gasteiger charge is -2.37. The molecule has 2 nitrogen and oxygen atoms in total. The zero-order valence-electron chi connectivity index (χ0n) is 12.1. The minimum atomic E-state index is 0.524. The third-order valence-electron chi connectivity index (χ3n) is 3.62. The third-order valence-corrected chi connectivity index (χ3v) is 3.62. The molecule has 0 saturated heterocycles. The van der Waals surface area contributed by atoms with Gasteiger partial charge in [0.05, 0.1) is 7.11 Å². The molecule has 1 heterocycles. The summed E-state index contributed by atoms with van der Waals surface area (Å²) in [6, 6.07) is 8.85. The normalized spacial score (nSPS) is 19.0. The second-order valence-corrected chi connectivity index (χ2v) is 5.42. The smallest absolute Gasteiger partial charge is 0.119 e. The van der Waals surface area contributed by atoms with E-state index in [1.54, 1.807) is 7.11 Å². The minimum Gasteiger partial charge on any atom is -0.497 e. The van der Waals surface area contributed by atoms with Crippen LogP contribution in [0.3, 0.4) is 0 Å². The molecule has 102 valence electrons. The summed E-state index contributed by atoms with van der Waals surface area (Å²) in [5, 5.41) is 0. The monoisotopic (exact) mass is 257 g/mol. The van der Waals surface area contributed by atoms with Gasteiger partial charge in [0.1, 0.15) is 5.75 Å². The van der Waals surface area contributed by atoms with E-state index in [9.17, 15) is 0 Å². The third kappa shape index (κ3) is 3.40. The van der Waals surface area contributed by atoms with E-state index in [1.165, 1.54) is 16.8 Å². The van der Waals surface area contributed by atoms with Crippen molar-refractivity contribution in [2.75, 3.05) is 18.6 Å². The number of anilines is 1. The SMILES string of the molecule is C=C(C)CC1CC(C)=CCN1c1ccc(OC)cc1. The van der Waals surface area contributed by atoms with Crippen LogP contribution in [0.4, 0.5) is 5.69 Å². The molecule has 1 atom stereocenters. The van der Waals surface area contributed by atoms with Gasteiger partial charge in [0, 0.05) is 18.3 Å². The van der Waals surface area contributed by atoms with E-state index in [0.717, 1.165) is 25.1 Å². The highest BCUT2D eigenvalue weighted by atomic mass is 16.5. The molecular formula is C17H23NO. The van der Waals surface area contributed by atoms with Gasteiger partial charge in [-0.1, -0.05) is 17.2 Å². The fourth-order valence-corrected chi connectivity index (χ4v) is 2.64. The van der Waals surface area contributed by atoms with Crippen LogP contribution in [-0.2, 0) is 0 Å². The summed E-state index contributed by atoms with van der Waals surface area (Å²) in [7, 11) is 1.70. The number of hydrogen-bond donors (Lipinski definition) is 0. The van der Waals surface area contributed by atoms with Crippen LogP contribution in [0.1, 0.15) is 26.7 Å². The largest absolute Gasteiger partial charge is 0.497 e. The van der Waals surface area contributed by atoms with Crippen molar-refractivity contribution in [3.63, 3.8) is 0 Å². The summed E-state index contributed by atoms with van der Waals surface area (Å²) in [6.45, 7) is 9.38. The summed E-state index contributed by atoms with van der Waals surface area (Å²) < 4.78 is 5.22. The standard InChI is InChI=1S/C17H23NO/c1-13(2)11-16-12-14(3)9-10-18(16)15-5-7-17(19-4)8-6-15/h5-9,16H,1,10-12H2,2-4H3. The summed E-state index contributed by atoms with van der Waals surface area (Å²) >= 11 is 0. The molecule has 1 aromatic carbocycles. The van der Waals surface area contributed by atoms with Crippen molar-refractivity contribution in [2.24, 2.45) is 0 Å². The van der Waals surface area contributed by atoms with Crippen molar-refractivity contribution in [3.8, 4) is 5.75 Å². The number of rotatable bonds is 4. The number of ether oxygens (including phenoxy) is 1. The Labute approximate surface area is 116 Å². The molecular weight excluding hydrogens is 234 g/mol. The molecule has 0 N–H and O–H groups in total. The molecule has 1 unspecified atom stereocenters. The van der Waals surface area contributed by atoms with Crippen molar-refractivity contribution >= 4 is 5.69 Å². The Hall–Kier alpha value is -1.70. The molecule has 2 heteroatoms. The Morgan fingerprint density at radius 3 is 2.63 bits per heavy atom. The maximum absolute atomic E-state index is 5.22. The van der Waals surface area contributed by atoms with E-state index >= 15 is 0 Å². The maximum Gasteiger partial charge on any atom is 0.119 e. The first-order chi connectivity index (χ1) is 9.10. The van der Waals surface area contributed by atoms with E-state index in [0.29, 0.717) is 6.04 Å². The van der Waals surface area contributed by atoms with Gasteiger partial charge >= 0.3 is 0 Å². The zero-order valence-corrected chi connectivity index (χ0v) is 12.1. The molecule has 0 aromatic heterocycles. The molecule has 0 radical (unpaired) electrons. The van der Waals surface area contributed by atoms with Crippen LogP contribution in [0.15, 0.2) is 48.1 Å². The number of benzene rings is 1. The van der Waals surface area contributed by atoms with Crippen molar-refractivity contribution in [3.05, 3.63) is 48.1 Å². The van der Waals surface area contributed by atoms with Gasteiger partial charge < -0.3 is 9.64 Å². The van der Waals surface area contributed by atoms with Gasteiger partial charge in [-0.05, 0) is 51.0 Å². The highest BCUT2D eigenvalue weighted by Gasteiger charge is 2.22. The molecule has 0 amide bonds. The van der Waals surface area contributed by atoms with Crippen molar-refractivity contribution in [2.45, 2.75) is 32.7 Å². The van der Waals surface area contributed by atoms with E-state index in [1.807, 2.05) is 12.1 Å². The second kappa shape index (κ2) is 5.96. The van der Waals surface area contributed by atoms with Crippen molar-refractivity contribution in [1.29, 1.82) is 0 Å². The number of nitrogens with zero attached hydrogens (tertiary/aromatic N) is 1. The van der Waals surface area contributed by atoms with Gasteiger partial charge in [0.2, 0.25) is 0 Å². The van der Waals surface area contributed by atoms with Crippen LogP contribution >= 0.6 is 0 Å². The molecule has 0 aliphatic carbocycles. The molecule has 0 bridgehead atoms. The van der Waals surface area contributed by atoms with E-state index < -0.39 is 0 Å². The highest BCUT2D eigenvalue weighted by molar-refractivity contribution is 5.52. The van der Waals surface area contributed by atoms with Gasteiger partial charge in [-0.15, -0.1) is 6.58 Å². The van der Waals surface area contributed by atoms with Gasteiger partial charge in [0.15, 0.2) is 0 Å². The predicted molar refractivity (Wildman–Crippen MR) is 81.9 cm³/mol. The number of hydrogen-bond acceptors (Lipinski definition) is 2. The minimum absolute atomic E-state index is 0.524. The van der Waals surface area contributed by atoms with E-state index in [4.69, 9.17) is 4.74 Å². The fraction of sp³-hybridized carbons (Fsp3) is 0.412. The van der Waals surface area contributed by atoms with Gasteiger partial charge in [-0.2, -0.15) is 0 Å². The summed E-state index contributed by atoms with van der Waals surface area (Å²) in [5.74, 6) is 0.906. The van der Waals surface area contributed by atoms with Crippen LogP contribution in [0, 0.1) is 0 Å². The molecule has 0 spiro atoms. The second-order valence-electron chi connectivity index (χ2n) is 5.42. The molecule has 1 aliphatic rings. The van der Waals surface area contributed by atoms with Crippen molar-refractivity contribution < 1.29 is 4.74 Å². The molecule has 1 aliphatic heterocycles. The molecule has 0 saturated carbocycles. The lowest BCUT2D eigenvalue weighted by molar-refractivity contribution is 0.414. The molecule has 1 aromatic rings. The quantitative estimate of drug-likeness (QED) is 0.750. The van der Waals surface area contributed by atoms with Crippen LogP contribution < -0.4 is 9.64 Å². The molecule has 19 heavy (non-hydrogen) atoms. The fourth-order valence-electron chi connectivity index (χ4n) is 2.64. The van der Waals surface area contributed by atoms with Crippen LogP contribution in [0.25, 0.3) is 0 Å². The maximum atomic E-state index is 5.22. The Kier molecular flexibility index (Phi) is 4.31. The zero-order chi connectivity index (χ0) is 13.8. The van der Waals surface area contributed by atoms with E-state index in [-0.39, 0.29) is 0 Å². The summed E-state index contributed by atoms with van der Waals surface area (Å²) in [4.78, 5) is 2.46. The molecule has 2 rings (SSSR count). The van der Waals surface area contributed by atoms with Crippen LogP contribution in [0.2, 0.25) is 0 Å². The van der Waals surface area contributed by atoms with Crippen LogP contribution in [-0.4, -0.2) is 19.7 Å². The predicted octanol–water partition coefficient (Wildman–Crippen LogP) is 4.19. The first-order valence-electron chi connectivity index (χ1n) is 6.81.